The van der Waals surface area contributed by atoms with Crippen LogP contribution >= 0.6 is 0 Å². The van der Waals surface area contributed by atoms with Crippen molar-refractivity contribution in [3.8, 4) is 0 Å². The van der Waals surface area contributed by atoms with Crippen LogP contribution in [-0.2, 0) is 4.74 Å². The molecule has 0 atom stereocenters. The highest BCUT2D eigenvalue weighted by atomic mass is 16.5. The zero-order valence-electron chi connectivity index (χ0n) is 10.5. The van der Waals surface area contributed by atoms with Crippen LogP contribution in [0.4, 0.5) is 0 Å². The second-order valence-electron chi connectivity index (χ2n) is 2.06. The standard InChI is InChI=1S/C8H7NO3.2C2H6/c1-12-8(11)7-4-2-3-6(5-10)9-7;2*1-2/h2-5H,1H3;2*1-2H3. The van der Waals surface area contributed by atoms with Crippen molar-refractivity contribution >= 4 is 12.3 Å². The molecule has 1 heterocycles. The Kier molecular flexibility index (Phi) is 11.9. The van der Waals surface area contributed by atoms with Crippen molar-refractivity contribution in [2.75, 3.05) is 7.11 Å². The number of ether oxygens (including phenoxy) is 1. The molecule has 0 bridgehead atoms. The van der Waals surface area contributed by atoms with Crippen LogP contribution in [0, 0.1) is 0 Å². The monoisotopic (exact) mass is 225 g/mol. The Morgan fingerprint density at radius 3 is 2.25 bits per heavy atom. The Labute approximate surface area is 96.7 Å². The van der Waals surface area contributed by atoms with Gasteiger partial charge >= 0.3 is 5.97 Å². The van der Waals surface area contributed by atoms with Gasteiger partial charge in [-0.1, -0.05) is 33.8 Å². The Hall–Kier alpha value is -1.71. The molecule has 0 N–H and O–H groups in total. The van der Waals surface area contributed by atoms with Gasteiger partial charge in [0.2, 0.25) is 0 Å². The molecule has 0 aromatic carbocycles. The zero-order valence-corrected chi connectivity index (χ0v) is 10.5. The van der Waals surface area contributed by atoms with Gasteiger partial charge in [-0.2, -0.15) is 0 Å². The number of hydrogen-bond acceptors (Lipinski definition) is 4. The van der Waals surface area contributed by atoms with Gasteiger partial charge in [-0.15, -0.1) is 0 Å². The van der Waals surface area contributed by atoms with Crippen molar-refractivity contribution in [2.24, 2.45) is 0 Å². The second-order valence-corrected chi connectivity index (χ2v) is 2.06. The third kappa shape index (κ3) is 5.90. The molecule has 1 aromatic heterocycles. The second kappa shape index (κ2) is 11.4. The van der Waals surface area contributed by atoms with Crippen molar-refractivity contribution in [3.05, 3.63) is 29.6 Å². The fourth-order valence-corrected chi connectivity index (χ4v) is 0.735. The van der Waals surface area contributed by atoms with Crippen LogP contribution in [0.25, 0.3) is 0 Å². The van der Waals surface area contributed by atoms with Crippen LogP contribution < -0.4 is 0 Å². The van der Waals surface area contributed by atoms with Crippen LogP contribution in [0.1, 0.15) is 48.7 Å². The highest BCUT2D eigenvalue weighted by molar-refractivity contribution is 5.88. The molecule has 0 fully saturated rings. The molecule has 1 rings (SSSR count). The van der Waals surface area contributed by atoms with Crippen LogP contribution in [-0.4, -0.2) is 24.3 Å². The number of hydrogen-bond donors (Lipinski definition) is 0. The van der Waals surface area contributed by atoms with E-state index in [0.717, 1.165) is 0 Å². The largest absolute Gasteiger partial charge is 0.464 e. The molecule has 0 spiro atoms. The number of pyridine rings is 1. The molecule has 0 aliphatic carbocycles. The van der Waals surface area contributed by atoms with Gasteiger partial charge in [-0.3, -0.25) is 4.79 Å². The number of esters is 1. The van der Waals surface area contributed by atoms with Crippen LogP contribution in [0.5, 0.6) is 0 Å². The van der Waals surface area contributed by atoms with Gasteiger partial charge in [0, 0.05) is 0 Å². The molecule has 0 saturated carbocycles. The summed E-state index contributed by atoms with van der Waals surface area (Å²) in [4.78, 5) is 24.9. The first-order valence-corrected chi connectivity index (χ1v) is 5.28. The SMILES string of the molecule is CC.CC.COC(=O)c1cccc(C=O)n1. The fourth-order valence-electron chi connectivity index (χ4n) is 0.735. The van der Waals surface area contributed by atoms with E-state index < -0.39 is 5.97 Å². The first-order valence-electron chi connectivity index (χ1n) is 5.28. The van der Waals surface area contributed by atoms with E-state index in [1.165, 1.54) is 19.2 Å². The van der Waals surface area contributed by atoms with Gasteiger partial charge in [0.05, 0.1) is 7.11 Å². The number of aromatic nitrogens is 1. The maximum absolute atomic E-state index is 10.9. The molecule has 0 radical (unpaired) electrons. The average Bonchev–Trinajstić information content (AvgIpc) is 2.42. The summed E-state index contributed by atoms with van der Waals surface area (Å²) in [6.45, 7) is 8.00. The molecule has 0 amide bonds. The minimum absolute atomic E-state index is 0.141. The highest BCUT2D eigenvalue weighted by Gasteiger charge is 2.06. The molecular weight excluding hydrogens is 206 g/mol. The molecule has 0 unspecified atom stereocenters. The van der Waals surface area contributed by atoms with E-state index in [2.05, 4.69) is 9.72 Å². The smallest absolute Gasteiger partial charge is 0.356 e. The summed E-state index contributed by atoms with van der Waals surface area (Å²) >= 11 is 0. The lowest BCUT2D eigenvalue weighted by Gasteiger charge is -1.97. The summed E-state index contributed by atoms with van der Waals surface area (Å²) in [5.74, 6) is -0.543. The number of methoxy groups -OCH3 is 1. The highest BCUT2D eigenvalue weighted by Crippen LogP contribution is 1.98. The van der Waals surface area contributed by atoms with Crippen molar-refractivity contribution in [2.45, 2.75) is 27.7 Å². The fraction of sp³-hybridized carbons (Fsp3) is 0.417. The number of rotatable bonds is 2. The van der Waals surface area contributed by atoms with E-state index in [1.54, 1.807) is 6.07 Å². The maximum Gasteiger partial charge on any atom is 0.356 e. The van der Waals surface area contributed by atoms with Crippen LogP contribution in [0.2, 0.25) is 0 Å². The van der Waals surface area contributed by atoms with Gasteiger partial charge in [0.1, 0.15) is 11.4 Å². The van der Waals surface area contributed by atoms with Crippen molar-refractivity contribution in [1.82, 2.24) is 4.98 Å². The Balaban J connectivity index is 0. The minimum Gasteiger partial charge on any atom is -0.464 e. The Bertz CT molecular complexity index is 311. The first-order chi connectivity index (χ1) is 7.77. The van der Waals surface area contributed by atoms with E-state index in [0.29, 0.717) is 6.29 Å². The molecule has 16 heavy (non-hydrogen) atoms. The Morgan fingerprint density at radius 2 is 1.81 bits per heavy atom. The number of nitrogens with zero attached hydrogens (tertiary/aromatic N) is 1. The summed E-state index contributed by atoms with van der Waals surface area (Å²) in [7, 11) is 1.26. The molecule has 0 aliphatic heterocycles. The van der Waals surface area contributed by atoms with Crippen LogP contribution in [0.3, 0.4) is 0 Å². The third-order valence-corrected chi connectivity index (χ3v) is 1.29. The zero-order chi connectivity index (χ0) is 13.0. The number of carbonyl (C=O) groups excluding carboxylic acids is 2. The van der Waals surface area contributed by atoms with Crippen molar-refractivity contribution in [1.29, 1.82) is 0 Å². The van der Waals surface area contributed by atoms with Gasteiger partial charge in [-0.25, -0.2) is 9.78 Å². The molecule has 0 aliphatic rings. The van der Waals surface area contributed by atoms with Crippen molar-refractivity contribution < 1.29 is 14.3 Å². The summed E-state index contributed by atoms with van der Waals surface area (Å²) in [6.07, 6.45) is 0.576. The normalized spacial score (nSPS) is 7.56. The summed E-state index contributed by atoms with van der Waals surface area (Å²) < 4.78 is 4.42. The lowest BCUT2D eigenvalue weighted by Crippen LogP contribution is -2.05. The lowest BCUT2D eigenvalue weighted by molar-refractivity contribution is 0.0594. The molecule has 1 aromatic rings. The molecular formula is C12H19NO3. The van der Waals surface area contributed by atoms with E-state index in [1.807, 2.05) is 27.7 Å². The van der Waals surface area contributed by atoms with E-state index in [9.17, 15) is 9.59 Å². The van der Waals surface area contributed by atoms with Gasteiger partial charge in [-0.05, 0) is 12.1 Å². The maximum atomic E-state index is 10.9. The summed E-state index contributed by atoms with van der Waals surface area (Å²) in [6, 6.07) is 4.57. The molecule has 4 nitrogen and oxygen atoms in total. The predicted octanol–water partition coefficient (Wildman–Crippen LogP) is 2.73. The number of carbonyl (C=O) groups is 2. The van der Waals surface area contributed by atoms with Gasteiger partial charge in [0.15, 0.2) is 6.29 Å². The number of aldehydes is 1. The third-order valence-electron chi connectivity index (χ3n) is 1.29. The van der Waals surface area contributed by atoms with E-state index >= 15 is 0 Å². The summed E-state index contributed by atoms with van der Waals surface area (Å²) in [5, 5.41) is 0. The van der Waals surface area contributed by atoms with E-state index in [-0.39, 0.29) is 11.4 Å². The molecule has 0 saturated heterocycles. The van der Waals surface area contributed by atoms with Gasteiger partial charge < -0.3 is 4.74 Å². The van der Waals surface area contributed by atoms with Crippen LogP contribution in [0.15, 0.2) is 18.2 Å². The Morgan fingerprint density at radius 1 is 1.25 bits per heavy atom. The first kappa shape index (κ1) is 16.7. The van der Waals surface area contributed by atoms with Crippen molar-refractivity contribution in [3.63, 3.8) is 0 Å². The summed E-state index contributed by atoms with van der Waals surface area (Å²) in [5.41, 5.74) is 0.361. The van der Waals surface area contributed by atoms with E-state index in [4.69, 9.17) is 0 Å². The predicted molar refractivity (Wildman–Crippen MR) is 63.7 cm³/mol. The topological polar surface area (TPSA) is 56.3 Å². The molecule has 4 heteroatoms. The lowest BCUT2D eigenvalue weighted by atomic mass is 10.3. The van der Waals surface area contributed by atoms with Gasteiger partial charge in [0.25, 0.3) is 0 Å². The quantitative estimate of drug-likeness (QED) is 0.573. The average molecular weight is 225 g/mol. The molecule has 90 valence electrons. The minimum atomic E-state index is -0.543.